The summed E-state index contributed by atoms with van der Waals surface area (Å²) in [5.74, 6) is -0.443. The van der Waals surface area contributed by atoms with Crippen LogP contribution in [0.5, 0.6) is 0 Å². The van der Waals surface area contributed by atoms with Crippen LogP contribution in [0.25, 0.3) is 10.9 Å². The van der Waals surface area contributed by atoms with Gasteiger partial charge in [0.1, 0.15) is 5.69 Å². The molecule has 0 saturated carbocycles. The van der Waals surface area contributed by atoms with E-state index in [1.54, 1.807) is 0 Å². The van der Waals surface area contributed by atoms with Crippen LogP contribution in [-0.4, -0.2) is 24.9 Å². The molecule has 1 heterocycles. The zero-order valence-electron chi connectivity index (χ0n) is 9.93. The number of hydrogen-bond acceptors (Lipinski definition) is 1. The second kappa shape index (κ2) is 5.79. The molecule has 0 aliphatic heterocycles. The first-order valence-corrected chi connectivity index (χ1v) is 4.97. The van der Waals surface area contributed by atoms with E-state index in [1.807, 2.05) is 0 Å². The summed E-state index contributed by atoms with van der Waals surface area (Å²) in [6, 6.07) is 5.27. The van der Waals surface area contributed by atoms with Crippen molar-refractivity contribution in [3.63, 3.8) is 0 Å². The topological polar surface area (TPSA) is 44.9 Å². The zero-order valence-corrected chi connectivity index (χ0v) is 13.1. The Labute approximate surface area is 144 Å². The molecule has 8 heteroatoms. The van der Waals surface area contributed by atoms with Crippen molar-refractivity contribution in [2.75, 3.05) is 7.05 Å². The Morgan fingerprint density at radius 1 is 1.33 bits per heavy atom. The summed E-state index contributed by atoms with van der Waals surface area (Å²) < 4.78 is 38.3. The first-order chi connectivity index (χ1) is 7.93. The number of para-hydroxylation sites is 1. The summed E-state index contributed by atoms with van der Waals surface area (Å²) in [5.41, 5.74) is -0.633. The van der Waals surface area contributed by atoms with Gasteiger partial charge in [0.25, 0.3) is 5.91 Å². The SMILES string of the molecule is CNC(=O)c1cc2cccc([B-](F)(F)F)c2[nH]1.[K+]. The number of carbonyl (C=O) groups excluding carboxylic acids is 1. The van der Waals surface area contributed by atoms with E-state index < -0.39 is 18.3 Å². The molecule has 2 aromatic rings. The molecular formula is C10H9BF3KN2O. The minimum Gasteiger partial charge on any atom is -0.445 e. The number of halogens is 3. The molecule has 1 amide bonds. The summed E-state index contributed by atoms with van der Waals surface area (Å²) in [4.78, 5) is 13.8. The van der Waals surface area contributed by atoms with Gasteiger partial charge < -0.3 is 23.2 Å². The van der Waals surface area contributed by atoms with Crippen LogP contribution in [0, 0.1) is 0 Å². The summed E-state index contributed by atoms with van der Waals surface area (Å²) in [6.45, 7) is -5.09. The molecular weight excluding hydrogens is 271 g/mol. The van der Waals surface area contributed by atoms with Crippen LogP contribution in [-0.2, 0) is 0 Å². The molecule has 3 nitrogen and oxygen atoms in total. The number of aromatic nitrogens is 1. The number of rotatable bonds is 2. The number of aromatic amines is 1. The van der Waals surface area contributed by atoms with Gasteiger partial charge in [-0.2, -0.15) is 0 Å². The molecule has 0 unspecified atom stereocenters. The van der Waals surface area contributed by atoms with Crippen LogP contribution in [0.3, 0.4) is 0 Å². The van der Waals surface area contributed by atoms with Gasteiger partial charge in [-0.1, -0.05) is 23.7 Å². The predicted molar refractivity (Wildman–Crippen MR) is 60.4 cm³/mol. The molecule has 0 atom stereocenters. The maximum absolute atomic E-state index is 12.8. The number of hydrogen-bond donors (Lipinski definition) is 2. The third kappa shape index (κ3) is 3.00. The molecule has 0 aliphatic carbocycles. The van der Waals surface area contributed by atoms with Crippen molar-refractivity contribution in [2.45, 2.75) is 0 Å². The molecule has 18 heavy (non-hydrogen) atoms. The van der Waals surface area contributed by atoms with Gasteiger partial charge in [-0.3, -0.25) is 4.79 Å². The van der Waals surface area contributed by atoms with Gasteiger partial charge in [0.2, 0.25) is 0 Å². The van der Waals surface area contributed by atoms with E-state index in [-0.39, 0.29) is 62.6 Å². The van der Waals surface area contributed by atoms with E-state index in [4.69, 9.17) is 0 Å². The fraction of sp³-hybridized carbons (Fsp3) is 0.100. The van der Waals surface area contributed by atoms with Gasteiger partial charge in [0.05, 0.1) is 0 Å². The minimum atomic E-state index is -5.09. The van der Waals surface area contributed by atoms with Crippen LogP contribution in [0.15, 0.2) is 24.3 Å². The number of H-pyrrole nitrogens is 1. The van der Waals surface area contributed by atoms with Crippen molar-refractivity contribution in [3.05, 3.63) is 30.0 Å². The number of benzene rings is 1. The Bertz CT molecular complexity index is 582. The molecule has 0 fully saturated rings. The Morgan fingerprint density at radius 2 is 2.00 bits per heavy atom. The number of amides is 1. The smallest absolute Gasteiger partial charge is 0.445 e. The zero-order chi connectivity index (χ0) is 12.6. The fourth-order valence-electron chi connectivity index (χ4n) is 1.71. The van der Waals surface area contributed by atoms with Gasteiger partial charge in [-0.25, -0.2) is 0 Å². The predicted octanol–water partition coefficient (Wildman–Crippen LogP) is -1.41. The quantitative estimate of drug-likeness (QED) is 0.652. The van der Waals surface area contributed by atoms with Gasteiger partial charge in [0, 0.05) is 12.6 Å². The van der Waals surface area contributed by atoms with E-state index in [1.165, 1.54) is 25.2 Å². The number of nitrogens with one attached hydrogen (secondary N) is 2. The van der Waals surface area contributed by atoms with Crippen molar-refractivity contribution in [2.24, 2.45) is 0 Å². The van der Waals surface area contributed by atoms with Crippen LogP contribution in [0.4, 0.5) is 12.9 Å². The van der Waals surface area contributed by atoms with Crippen molar-refractivity contribution in [1.82, 2.24) is 10.3 Å². The second-order valence-corrected chi connectivity index (χ2v) is 3.65. The minimum absolute atomic E-state index is 0. The van der Waals surface area contributed by atoms with Gasteiger partial charge in [-0.05, 0) is 11.5 Å². The fourth-order valence-corrected chi connectivity index (χ4v) is 1.71. The molecule has 0 spiro atoms. The van der Waals surface area contributed by atoms with Crippen molar-refractivity contribution in [3.8, 4) is 0 Å². The molecule has 90 valence electrons. The van der Waals surface area contributed by atoms with E-state index in [9.17, 15) is 17.7 Å². The molecule has 0 aliphatic rings. The Morgan fingerprint density at radius 3 is 2.56 bits per heavy atom. The molecule has 2 rings (SSSR count). The third-order valence-electron chi connectivity index (χ3n) is 2.51. The first-order valence-electron chi connectivity index (χ1n) is 4.97. The van der Waals surface area contributed by atoms with Crippen molar-refractivity contribution >= 4 is 29.3 Å². The van der Waals surface area contributed by atoms with Crippen LogP contribution in [0.1, 0.15) is 10.5 Å². The molecule has 0 radical (unpaired) electrons. The summed E-state index contributed by atoms with van der Waals surface area (Å²) in [5, 5.41) is 2.73. The largest absolute Gasteiger partial charge is 1.00 e. The summed E-state index contributed by atoms with van der Waals surface area (Å²) in [7, 11) is 1.42. The third-order valence-corrected chi connectivity index (χ3v) is 2.51. The summed E-state index contributed by atoms with van der Waals surface area (Å²) in [6.07, 6.45) is 0. The van der Waals surface area contributed by atoms with E-state index in [2.05, 4.69) is 10.3 Å². The second-order valence-electron chi connectivity index (χ2n) is 3.65. The Kier molecular flexibility index (Phi) is 5.07. The molecule has 1 aromatic heterocycles. The standard InChI is InChI=1S/C10H9BF3N2O.K/c1-15-10(17)8-5-6-3-2-4-7(9(6)16-8)11(12,13)14;/h2-5,16H,1H3,(H,15,17);/q-1;+1. The first kappa shape index (κ1) is 15.8. The van der Waals surface area contributed by atoms with Crippen molar-refractivity contribution in [1.29, 1.82) is 0 Å². The number of fused-ring (bicyclic) bond motifs is 1. The molecule has 1 aromatic carbocycles. The van der Waals surface area contributed by atoms with Crippen LogP contribution < -0.4 is 62.2 Å². The maximum atomic E-state index is 12.8. The van der Waals surface area contributed by atoms with Gasteiger partial charge in [-0.15, -0.1) is 0 Å². The van der Waals surface area contributed by atoms with Gasteiger partial charge in [0.15, 0.2) is 0 Å². The van der Waals surface area contributed by atoms with Crippen molar-refractivity contribution < 1.29 is 69.1 Å². The maximum Gasteiger partial charge on any atom is 1.00 e. The van der Waals surface area contributed by atoms with E-state index >= 15 is 0 Å². The van der Waals surface area contributed by atoms with E-state index in [0.717, 1.165) is 6.07 Å². The van der Waals surface area contributed by atoms with Crippen LogP contribution in [0.2, 0.25) is 0 Å². The van der Waals surface area contributed by atoms with Crippen LogP contribution >= 0.6 is 0 Å². The normalized spacial score (nSPS) is 11.1. The Balaban J connectivity index is 0.00000162. The monoisotopic (exact) mass is 280 g/mol. The molecule has 0 bridgehead atoms. The summed E-state index contributed by atoms with van der Waals surface area (Å²) >= 11 is 0. The molecule has 0 saturated heterocycles. The molecule has 2 N–H and O–H groups in total. The van der Waals surface area contributed by atoms with E-state index in [0.29, 0.717) is 5.39 Å². The average Bonchev–Trinajstić information content (AvgIpc) is 2.69. The Hall–Kier alpha value is -0.279. The number of carbonyl (C=O) groups is 1. The van der Waals surface area contributed by atoms with Gasteiger partial charge >= 0.3 is 58.4 Å². The average molecular weight is 280 g/mol.